The fraction of sp³-hybridized carbons (Fsp3) is 0.316. The maximum absolute atomic E-state index is 14.4. The molecule has 0 saturated heterocycles. The summed E-state index contributed by atoms with van der Waals surface area (Å²) in [5.74, 6) is -0.665. The third-order valence-electron chi connectivity index (χ3n) is 9.15. The van der Waals surface area contributed by atoms with Crippen molar-refractivity contribution in [3.05, 3.63) is 96.3 Å². The van der Waals surface area contributed by atoms with Crippen LogP contribution in [0.25, 0.3) is 0 Å². The van der Waals surface area contributed by atoms with Gasteiger partial charge in [-0.25, -0.2) is 9.97 Å². The highest BCUT2D eigenvalue weighted by molar-refractivity contribution is 6.14. The summed E-state index contributed by atoms with van der Waals surface area (Å²) in [6.07, 6.45) is 6.70. The van der Waals surface area contributed by atoms with Gasteiger partial charge in [0.25, 0.3) is 11.8 Å². The first kappa shape index (κ1) is 34.3. The van der Waals surface area contributed by atoms with Crippen molar-refractivity contribution in [3.8, 4) is 0 Å². The van der Waals surface area contributed by atoms with E-state index in [0.29, 0.717) is 51.9 Å². The van der Waals surface area contributed by atoms with Crippen LogP contribution < -0.4 is 20.4 Å². The van der Waals surface area contributed by atoms with Crippen LogP contribution in [0.3, 0.4) is 0 Å². The van der Waals surface area contributed by atoms with Gasteiger partial charge in [-0.3, -0.25) is 24.1 Å². The van der Waals surface area contributed by atoms with Crippen LogP contribution in [-0.4, -0.2) is 82.7 Å². The fourth-order valence-corrected chi connectivity index (χ4v) is 6.48. The zero-order valence-electron chi connectivity index (χ0n) is 28.5. The number of aromatic nitrogens is 2. The molecule has 0 unspecified atom stereocenters. The monoisotopic (exact) mass is 674 g/mol. The molecule has 50 heavy (non-hydrogen) atoms. The zero-order valence-corrected chi connectivity index (χ0v) is 28.5. The molecule has 0 radical (unpaired) electrons. The molecule has 0 fully saturated rings. The SMILES string of the molecule is CCN(CC)CCCCCCN(C(=O)CN1c2ccccc2C(=O)Nc2cccnc21)C(=O)CN1c2ccccc2C(=O)Nc2cccnc21. The number of nitrogens with zero attached hydrogens (tertiary/aromatic N) is 6. The van der Waals surface area contributed by atoms with Crippen LogP contribution in [-0.2, 0) is 9.59 Å². The lowest BCUT2D eigenvalue weighted by molar-refractivity contribution is -0.143. The third kappa shape index (κ3) is 7.35. The molecule has 12 nitrogen and oxygen atoms in total. The quantitative estimate of drug-likeness (QED) is 0.168. The van der Waals surface area contributed by atoms with E-state index in [9.17, 15) is 19.2 Å². The highest BCUT2D eigenvalue weighted by Gasteiger charge is 2.33. The van der Waals surface area contributed by atoms with Crippen molar-refractivity contribution >= 4 is 58.0 Å². The van der Waals surface area contributed by atoms with Crippen molar-refractivity contribution in [2.45, 2.75) is 39.5 Å². The lowest BCUT2D eigenvalue weighted by Crippen LogP contribution is -2.47. The van der Waals surface area contributed by atoms with Gasteiger partial charge in [0.2, 0.25) is 11.8 Å². The van der Waals surface area contributed by atoms with Crippen molar-refractivity contribution in [1.82, 2.24) is 19.8 Å². The van der Waals surface area contributed by atoms with Crippen LogP contribution in [0.15, 0.2) is 85.2 Å². The van der Waals surface area contributed by atoms with Gasteiger partial charge in [0, 0.05) is 18.9 Å². The minimum Gasteiger partial charge on any atom is -0.319 e. The Kier molecular flexibility index (Phi) is 10.8. The van der Waals surface area contributed by atoms with Gasteiger partial charge in [-0.1, -0.05) is 51.0 Å². The predicted octanol–water partition coefficient (Wildman–Crippen LogP) is 5.84. The first-order chi connectivity index (χ1) is 24.4. The molecule has 0 atom stereocenters. The standard InChI is InChI=1S/C38H42N8O4/c1-3-43(4-2)23-11-5-6-12-24-44(33(47)25-45-31-19-9-7-15-27(31)37(49)41-29-17-13-21-39-35(29)45)34(48)26-46-32-20-10-8-16-28(32)38(50)42-30-18-14-22-40-36(30)46/h7-10,13-22H,3-6,11-12,23-26H2,1-2H3,(H,41,49)(H,42,50). The normalized spacial score (nSPS) is 13.3. The molecule has 2 aliphatic heterocycles. The lowest BCUT2D eigenvalue weighted by Gasteiger charge is -2.30. The van der Waals surface area contributed by atoms with Crippen LogP contribution >= 0.6 is 0 Å². The summed E-state index contributed by atoms with van der Waals surface area (Å²) in [4.78, 5) is 71.3. The number of hydrogen-bond acceptors (Lipinski definition) is 9. The van der Waals surface area contributed by atoms with E-state index in [1.165, 1.54) is 4.90 Å². The Morgan fingerprint density at radius 2 is 1.08 bits per heavy atom. The molecule has 4 heterocycles. The number of hydrogen-bond donors (Lipinski definition) is 2. The summed E-state index contributed by atoms with van der Waals surface area (Å²) in [6, 6.07) is 21.0. The van der Waals surface area contributed by atoms with Gasteiger partial charge >= 0.3 is 0 Å². The molecule has 2 aliphatic rings. The van der Waals surface area contributed by atoms with E-state index >= 15 is 0 Å². The van der Waals surface area contributed by atoms with E-state index in [-0.39, 0.29) is 31.4 Å². The maximum atomic E-state index is 14.4. The molecule has 4 aromatic rings. The van der Waals surface area contributed by atoms with E-state index in [0.717, 1.165) is 38.9 Å². The second kappa shape index (κ2) is 15.7. The molecule has 0 saturated carbocycles. The predicted molar refractivity (Wildman–Crippen MR) is 194 cm³/mol. The maximum Gasteiger partial charge on any atom is 0.257 e. The van der Waals surface area contributed by atoms with Gasteiger partial charge in [-0.15, -0.1) is 0 Å². The Morgan fingerprint density at radius 1 is 0.620 bits per heavy atom. The number of amides is 4. The molecule has 2 aromatic carbocycles. The number of benzene rings is 2. The Hall–Kier alpha value is -5.62. The molecular weight excluding hydrogens is 632 g/mol. The molecule has 0 spiro atoms. The average Bonchev–Trinajstić information content (AvgIpc) is 3.33. The van der Waals surface area contributed by atoms with Crippen molar-refractivity contribution in [2.75, 3.05) is 59.7 Å². The number of fused-ring (bicyclic) bond motifs is 4. The summed E-state index contributed by atoms with van der Waals surface area (Å²) in [7, 11) is 0. The van der Waals surface area contributed by atoms with Gasteiger partial charge in [0.1, 0.15) is 13.1 Å². The first-order valence-corrected chi connectivity index (χ1v) is 17.2. The van der Waals surface area contributed by atoms with E-state index < -0.39 is 11.8 Å². The van der Waals surface area contributed by atoms with Crippen molar-refractivity contribution < 1.29 is 19.2 Å². The van der Waals surface area contributed by atoms with Crippen LogP contribution in [0, 0.1) is 0 Å². The van der Waals surface area contributed by atoms with Crippen LogP contribution in [0.5, 0.6) is 0 Å². The fourth-order valence-electron chi connectivity index (χ4n) is 6.48. The molecule has 2 N–H and O–H groups in total. The van der Waals surface area contributed by atoms with Crippen molar-refractivity contribution in [3.63, 3.8) is 0 Å². The minimum atomic E-state index is -0.433. The Labute approximate surface area is 292 Å². The molecule has 12 heteroatoms. The molecule has 6 rings (SSSR count). The number of pyridine rings is 2. The van der Waals surface area contributed by atoms with Crippen LogP contribution in [0.1, 0.15) is 60.2 Å². The molecule has 4 amide bonds. The van der Waals surface area contributed by atoms with E-state index in [1.54, 1.807) is 95.0 Å². The Bertz CT molecular complexity index is 1750. The van der Waals surface area contributed by atoms with Crippen molar-refractivity contribution in [1.29, 1.82) is 0 Å². The molecule has 0 bridgehead atoms. The summed E-state index contributed by atoms with van der Waals surface area (Å²) in [5.41, 5.74) is 2.76. The number of para-hydroxylation sites is 2. The minimum absolute atomic E-state index is 0.215. The molecular formula is C38H42N8O4. The van der Waals surface area contributed by atoms with Crippen molar-refractivity contribution in [2.24, 2.45) is 0 Å². The van der Waals surface area contributed by atoms with Crippen LogP contribution in [0.2, 0.25) is 0 Å². The molecule has 258 valence electrons. The van der Waals surface area contributed by atoms with Gasteiger partial charge in [-0.2, -0.15) is 0 Å². The Balaban J connectivity index is 1.29. The summed E-state index contributed by atoms with van der Waals surface area (Å²) in [5, 5.41) is 5.80. The number of unbranched alkanes of at least 4 members (excludes halogenated alkanes) is 3. The zero-order chi connectivity index (χ0) is 35.0. The largest absolute Gasteiger partial charge is 0.319 e. The van der Waals surface area contributed by atoms with Crippen LogP contribution in [0.4, 0.5) is 34.4 Å². The van der Waals surface area contributed by atoms with Gasteiger partial charge in [0.05, 0.1) is 33.9 Å². The average molecular weight is 675 g/mol. The summed E-state index contributed by atoms with van der Waals surface area (Å²) in [6.45, 7) is 7.09. The topological polar surface area (TPSA) is 131 Å². The van der Waals surface area contributed by atoms with E-state index in [4.69, 9.17) is 0 Å². The number of nitrogens with one attached hydrogen (secondary N) is 2. The Morgan fingerprint density at radius 3 is 1.56 bits per heavy atom. The van der Waals surface area contributed by atoms with E-state index in [2.05, 4.69) is 39.3 Å². The molecule has 2 aromatic heterocycles. The third-order valence-corrected chi connectivity index (χ3v) is 9.15. The number of carbonyl (C=O) groups is 4. The highest BCUT2D eigenvalue weighted by Crippen LogP contribution is 2.37. The number of imide groups is 1. The number of anilines is 6. The summed E-state index contributed by atoms with van der Waals surface area (Å²) < 4.78 is 0. The first-order valence-electron chi connectivity index (χ1n) is 17.2. The molecule has 0 aliphatic carbocycles. The second-order valence-electron chi connectivity index (χ2n) is 12.2. The number of carbonyl (C=O) groups excluding carboxylic acids is 4. The lowest BCUT2D eigenvalue weighted by atomic mass is 10.1. The smallest absolute Gasteiger partial charge is 0.257 e. The van der Waals surface area contributed by atoms with Gasteiger partial charge < -0.3 is 25.3 Å². The van der Waals surface area contributed by atoms with E-state index in [1.807, 2.05) is 0 Å². The number of rotatable bonds is 13. The summed E-state index contributed by atoms with van der Waals surface area (Å²) >= 11 is 0. The second-order valence-corrected chi connectivity index (χ2v) is 12.2. The van der Waals surface area contributed by atoms with Gasteiger partial charge in [0.15, 0.2) is 11.6 Å². The highest BCUT2D eigenvalue weighted by atomic mass is 16.2. The van der Waals surface area contributed by atoms with Gasteiger partial charge in [-0.05, 0) is 81.0 Å².